The van der Waals surface area contributed by atoms with Crippen LogP contribution in [-0.2, 0) is 4.79 Å². The van der Waals surface area contributed by atoms with Crippen LogP contribution in [0.1, 0.15) is 12.8 Å². The van der Waals surface area contributed by atoms with E-state index in [-0.39, 0.29) is 18.3 Å². The van der Waals surface area contributed by atoms with Crippen molar-refractivity contribution < 1.29 is 13.9 Å². The molecular weight excluding hydrogens is 437 g/mol. The van der Waals surface area contributed by atoms with Crippen molar-refractivity contribution in [3.63, 3.8) is 0 Å². The third kappa shape index (κ3) is 7.01. The molecule has 2 aromatic carbocycles. The number of anilines is 1. The second-order valence-corrected chi connectivity index (χ2v) is 8.00. The van der Waals surface area contributed by atoms with Crippen LogP contribution in [0.3, 0.4) is 0 Å². The van der Waals surface area contributed by atoms with Gasteiger partial charge in [0.15, 0.2) is 18.2 Å². The Balaban J connectivity index is 1.24. The number of carbonyl (C=O) groups is 1. The van der Waals surface area contributed by atoms with Gasteiger partial charge in [-0.1, -0.05) is 34.1 Å². The molecule has 1 heterocycles. The number of hydrogen-bond acceptors (Lipinski definition) is 4. The molecule has 0 aliphatic carbocycles. The highest BCUT2D eigenvalue weighted by Crippen LogP contribution is 2.21. The average molecular weight is 464 g/mol. The molecule has 1 fully saturated rings. The molecule has 2 aromatic rings. The van der Waals surface area contributed by atoms with Crippen LogP contribution in [0.2, 0.25) is 0 Å². The van der Waals surface area contributed by atoms with E-state index in [0.29, 0.717) is 11.0 Å². The molecule has 1 N–H and O–H groups in total. The lowest BCUT2D eigenvalue weighted by Crippen LogP contribution is -2.46. The number of benzene rings is 2. The fourth-order valence-corrected chi connectivity index (χ4v) is 3.68. The van der Waals surface area contributed by atoms with Gasteiger partial charge in [-0.25, -0.2) is 4.39 Å². The number of amides is 1. The Kier molecular flexibility index (Phi) is 8.31. The first-order chi connectivity index (χ1) is 14.1. The van der Waals surface area contributed by atoms with Gasteiger partial charge < -0.3 is 15.0 Å². The first-order valence-corrected chi connectivity index (χ1v) is 10.8. The van der Waals surface area contributed by atoms with Crippen LogP contribution >= 0.6 is 15.9 Å². The van der Waals surface area contributed by atoms with Crippen molar-refractivity contribution in [2.45, 2.75) is 12.8 Å². The fourth-order valence-electron chi connectivity index (χ4n) is 3.34. The summed E-state index contributed by atoms with van der Waals surface area (Å²) in [5.74, 6) is -0.638. The molecule has 0 saturated carbocycles. The van der Waals surface area contributed by atoms with Crippen LogP contribution in [0.25, 0.3) is 0 Å². The van der Waals surface area contributed by atoms with Gasteiger partial charge in [0.05, 0.1) is 0 Å². The highest BCUT2D eigenvalue weighted by molar-refractivity contribution is 9.10. The number of hydrogen-bond donors (Lipinski definition) is 1. The molecule has 1 saturated heterocycles. The molecule has 0 unspecified atom stereocenters. The zero-order valence-corrected chi connectivity index (χ0v) is 18.0. The summed E-state index contributed by atoms with van der Waals surface area (Å²) in [6, 6.07) is 15.0. The van der Waals surface area contributed by atoms with Gasteiger partial charge in [-0.15, -0.1) is 0 Å². The average Bonchev–Trinajstić information content (AvgIpc) is 2.74. The maximum atomic E-state index is 13.7. The van der Waals surface area contributed by atoms with Crippen LogP contribution in [-0.4, -0.2) is 56.7 Å². The van der Waals surface area contributed by atoms with Crippen molar-refractivity contribution in [3.05, 3.63) is 58.8 Å². The second kappa shape index (κ2) is 11.2. The van der Waals surface area contributed by atoms with Gasteiger partial charge in [0.2, 0.25) is 0 Å². The smallest absolute Gasteiger partial charge is 0.257 e. The topological polar surface area (TPSA) is 44.8 Å². The summed E-state index contributed by atoms with van der Waals surface area (Å²) < 4.78 is 19.5. The van der Waals surface area contributed by atoms with E-state index >= 15 is 0 Å². The van der Waals surface area contributed by atoms with Crippen molar-refractivity contribution in [1.82, 2.24) is 10.2 Å². The van der Waals surface area contributed by atoms with Crippen LogP contribution in [0.5, 0.6) is 5.75 Å². The molecule has 0 aromatic heterocycles. The van der Waals surface area contributed by atoms with E-state index in [4.69, 9.17) is 4.74 Å². The SMILES string of the molecule is O=C(COc1ccc(Br)cc1F)NCCCCN1CCN(c2ccccc2)CC1. The van der Waals surface area contributed by atoms with Gasteiger partial charge in [0.25, 0.3) is 5.91 Å². The van der Waals surface area contributed by atoms with E-state index in [1.807, 2.05) is 6.07 Å². The van der Waals surface area contributed by atoms with E-state index in [9.17, 15) is 9.18 Å². The van der Waals surface area contributed by atoms with Gasteiger partial charge in [-0.2, -0.15) is 0 Å². The Bertz CT molecular complexity index is 783. The minimum atomic E-state index is -0.487. The zero-order valence-electron chi connectivity index (χ0n) is 16.4. The molecule has 0 atom stereocenters. The Morgan fingerprint density at radius 2 is 1.83 bits per heavy atom. The zero-order chi connectivity index (χ0) is 20.5. The van der Waals surface area contributed by atoms with E-state index in [1.165, 1.54) is 17.8 Å². The Morgan fingerprint density at radius 1 is 1.07 bits per heavy atom. The first kappa shape index (κ1) is 21.6. The maximum Gasteiger partial charge on any atom is 0.257 e. The highest BCUT2D eigenvalue weighted by Gasteiger charge is 2.16. The van der Waals surface area contributed by atoms with Crippen LogP contribution in [0, 0.1) is 5.82 Å². The third-order valence-corrected chi connectivity index (χ3v) is 5.46. The molecule has 1 amide bonds. The van der Waals surface area contributed by atoms with E-state index in [1.54, 1.807) is 6.07 Å². The van der Waals surface area contributed by atoms with Crippen LogP contribution < -0.4 is 15.0 Å². The van der Waals surface area contributed by atoms with Crippen LogP contribution in [0.4, 0.5) is 10.1 Å². The van der Waals surface area contributed by atoms with Gasteiger partial charge in [-0.05, 0) is 49.7 Å². The molecule has 0 radical (unpaired) electrons. The third-order valence-electron chi connectivity index (χ3n) is 4.97. The van der Waals surface area contributed by atoms with Gasteiger partial charge in [-0.3, -0.25) is 9.69 Å². The number of carbonyl (C=O) groups excluding carboxylic acids is 1. The van der Waals surface area contributed by atoms with Gasteiger partial charge >= 0.3 is 0 Å². The molecule has 29 heavy (non-hydrogen) atoms. The Morgan fingerprint density at radius 3 is 2.55 bits per heavy atom. The van der Waals surface area contributed by atoms with Crippen molar-refractivity contribution in [1.29, 1.82) is 0 Å². The molecular formula is C22H27BrFN3O2. The lowest BCUT2D eigenvalue weighted by Gasteiger charge is -2.36. The van der Waals surface area contributed by atoms with E-state index in [2.05, 4.69) is 55.3 Å². The lowest BCUT2D eigenvalue weighted by molar-refractivity contribution is -0.123. The summed E-state index contributed by atoms with van der Waals surface area (Å²) in [5, 5.41) is 2.83. The fraction of sp³-hybridized carbons (Fsp3) is 0.409. The highest BCUT2D eigenvalue weighted by atomic mass is 79.9. The monoisotopic (exact) mass is 463 g/mol. The van der Waals surface area contributed by atoms with E-state index < -0.39 is 5.82 Å². The van der Waals surface area contributed by atoms with E-state index in [0.717, 1.165) is 45.6 Å². The maximum absolute atomic E-state index is 13.7. The molecule has 156 valence electrons. The summed E-state index contributed by atoms with van der Waals surface area (Å²) in [4.78, 5) is 16.7. The number of nitrogens with zero attached hydrogens (tertiary/aromatic N) is 2. The number of nitrogens with one attached hydrogen (secondary N) is 1. The lowest BCUT2D eigenvalue weighted by atomic mass is 10.2. The summed E-state index contributed by atoms with van der Waals surface area (Å²) in [6.45, 7) is 5.69. The molecule has 0 spiro atoms. The molecule has 0 bridgehead atoms. The largest absolute Gasteiger partial charge is 0.481 e. The van der Waals surface area contributed by atoms with Crippen molar-refractivity contribution in [3.8, 4) is 5.75 Å². The number of ether oxygens (including phenoxy) is 1. The van der Waals surface area contributed by atoms with Crippen LogP contribution in [0.15, 0.2) is 53.0 Å². The summed E-state index contributed by atoms with van der Waals surface area (Å²) in [6.07, 6.45) is 1.95. The molecule has 1 aliphatic rings. The minimum Gasteiger partial charge on any atom is -0.481 e. The summed E-state index contributed by atoms with van der Waals surface area (Å²) in [7, 11) is 0. The number of unbranched alkanes of at least 4 members (excludes halogenated alkanes) is 1. The predicted octanol–water partition coefficient (Wildman–Crippen LogP) is 3.69. The summed E-state index contributed by atoms with van der Waals surface area (Å²) >= 11 is 3.19. The molecule has 3 rings (SSSR count). The van der Waals surface area contributed by atoms with Gasteiger partial charge in [0, 0.05) is 42.9 Å². The Labute approximate surface area is 180 Å². The number of rotatable bonds is 9. The number of halogens is 2. The summed E-state index contributed by atoms with van der Waals surface area (Å²) in [5.41, 5.74) is 1.29. The standard InChI is InChI=1S/C22H27BrFN3O2/c23-18-8-9-21(20(24)16-18)29-17-22(28)25-10-4-5-11-26-12-14-27(15-13-26)19-6-2-1-3-7-19/h1-3,6-9,16H,4-5,10-15,17H2,(H,25,28). The number of piperazine rings is 1. The van der Waals surface area contributed by atoms with Crippen molar-refractivity contribution >= 4 is 27.5 Å². The number of para-hydroxylation sites is 1. The Hall–Kier alpha value is -2.12. The minimum absolute atomic E-state index is 0.0815. The molecule has 5 nitrogen and oxygen atoms in total. The molecule has 1 aliphatic heterocycles. The first-order valence-electron chi connectivity index (χ1n) is 9.99. The van der Waals surface area contributed by atoms with Crippen molar-refractivity contribution in [2.24, 2.45) is 0 Å². The second-order valence-electron chi connectivity index (χ2n) is 7.08. The van der Waals surface area contributed by atoms with Crippen molar-refractivity contribution in [2.75, 3.05) is 50.8 Å². The van der Waals surface area contributed by atoms with Gasteiger partial charge in [0.1, 0.15) is 0 Å². The predicted molar refractivity (Wildman–Crippen MR) is 117 cm³/mol. The quantitative estimate of drug-likeness (QED) is 0.576. The molecule has 7 heteroatoms. The normalized spacial score (nSPS) is 14.6.